The second kappa shape index (κ2) is 4.66. The van der Waals surface area contributed by atoms with Crippen LogP contribution in [0.15, 0.2) is 18.5 Å². The Kier molecular flexibility index (Phi) is 2.69. The lowest BCUT2D eigenvalue weighted by Crippen LogP contribution is -2.56. The minimum atomic E-state index is -0.912. The van der Waals surface area contributed by atoms with E-state index < -0.39 is 6.17 Å². The fraction of sp³-hybridized carbons (Fsp3) is 0.562. The minimum absolute atomic E-state index is 0.0334. The maximum atomic E-state index is 13.3. The summed E-state index contributed by atoms with van der Waals surface area (Å²) in [6, 6.07) is 2.39. The van der Waals surface area contributed by atoms with Crippen LogP contribution in [-0.4, -0.2) is 57.3 Å². The summed E-state index contributed by atoms with van der Waals surface area (Å²) < 4.78 is 13.3. The molecule has 2 aromatic heterocycles. The van der Waals surface area contributed by atoms with Gasteiger partial charge < -0.3 is 9.80 Å². The van der Waals surface area contributed by atoms with Crippen molar-refractivity contribution in [1.29, 1.82) is 0 Å². The summed E-state index contributed by atoms with van der Waals surface area (Å²) in [6.45, 7) is 1.59. The van der Waals surface area contributed by atoms with Gasteiger partial charge in [0.15, 0.2) is 0 Å². The molecule has 2 unspecified atom stereocenters. The molecule has 3 fully saturated rings. The number of carbonyl (C=O) groups excluding carboxylic acids is 1. The number of rotatable bonds is 2. The van der Waals surface area contributed by atoms with Crippen LogP contribution in [0.2, 0.25) is 0 Å². The first-order valence-corrected chi connectivity index (χ1v) is 8.21. The molecule has 7 heteroatoms. The molecular formula is C16H18FN5O. The van der Waals surface area contributed by atoms with Crippen LogP contribution in [0, 0.1) is 5.92 Å². The molecule has 0 spiro atoms. The first kappa shape index (κ1) is 13.3. The number of alkyl halides is 1. The van der Waals surface area contributed by atoms with Crippen LogP contribution in [0.25, 0.3) is 11.0 Å². The van der Waals surface area contributed by atoms with E-state index in [0.29, 0.717) is 6.42 Å². The number of piperazine rings is 1. The van der Waals surface area contributed by atoms with E-state index in [4.69, 9.17) is 0 Å². The second-order valence-corrected chi connectivity index (χ2v) is 6.85. The molecule has 23 heavy (non-hydrogen) atoms. The normalized spacial score (nSPS) is 32.6. The minimum Gasteiger partial charge on any atom is -0.366 e. The van der Waals surface area contributed by atoms with Gasteiger partial charge in [-0.05, 0) is 25.3 Å². The van der Waals surface area contributed by atoms with Crippen LogP contribution in [0.3, 0.4) is 0 Å². The number of aromatic nitrogens is 3. The molecule has 120 valence electrons. The van der Waals surface area contributed by atoms with E-state index in [0.717, 1.165) is 42.7 Å². The van der Waals surface area contributed by atoms with E-state index in [2.05, 4.69) is 20.1 Å². The first-order valence-electron chi connectivity index (χ1n) is 8.21. The van der Waals surface area contributed by atoms with Crippen molar-refractivity contribution in [1.82, 2.24) is 20.1 Å². The Labute approximate surface area is 132 Å². The van der Waals surface area contributed by atoms with Gasteiger partial charge in [-0.2, -0.15) is 5.10 Å². The second-order valence-electron chi connectivity index (χ2n) is 6.85. The van der Waals surface area contributed by atoms with Crippen molar-refractivity contribution in [2.75, 3.05) is 18.0 Å². The topological polar surface area (TPSA) is 65.1 Å². The third kappa shape index (κ3) is 1.95. The molecule has 5 rings (SSSR count). The van der Waals surface area contributed by atoms with E-state index in [9.17, 15) is 9.18 Å². The van der Waals surface area contributed by atoms with Gasteiger partial charge in [0.05, 0.1) is 17.8 Å². The fourth-order valence-corrected chi connectivity index (χ4v) is 4.17. The molecule has 4 heterocycles. The number of pyridine rings is 1. The van der Waals surface area contributed by atoms with Crippen LogP contribution in [0.5, 0.6) is 0 Å². The Bertz CT molecular complexity index is 763. The molecule has 2 bridgehead atoms. The largest absolute Gasteiger partial charge is 0.366 e. The van der Waals surface area contributed by atoms with Crippen LogP contribution < -0.4 is 4.90 Å². The summed E-state index contributed by atoms with van der Waals surface area (Å²) in [7, 11) is 0. The van der Waals surface area contributed by atoms with Gasteiger partial charge in [-0.3, -0.25) is 14.9 Å². The highest BCUT2D eigenvalue weighted by molar-refractivity contribution is 5.88. The van der Waals surface area contributed by atoms with Gasteiger partial charge in [-0.25, -0.2) is 4.39 Å². The number of aromatic amines is 1. The number of H-pyrrole nitrogens is 1. The number of hydrogen-bond donors (Lipinski definition) is 1. The zero-order valence-electron chi connectivity index (χ0n) is 12.7. The number of fused-ring (bicyclic) bond motifs is 3. The van der Waals surface area contributed by atoms with E-state index in [-0.39, 0.29) is 23.9 Å². The first-order chi connectivity index (χ1) is 11.2. The van der Waals surface area contributed by atoms with E-state index in [1.54, 1.807) is 12.4 Å². The molecule has 0 aromatic carbocycles. The maximum Gasteiger partial charge on any atom is 0.229 e. The summed E-state index contributed by atoms with van der Waals surface area (Å²) in [5.41, 5.74) is 2.88. The molecule has 3 aliphatic rings. The van der Waals surface area contributed by atoms with Crippen LogP contribution in [0.4, 0.5) is 10.1 Å². The molecule has 2 saturated heterocycles. The number of nitrogens with zero attached hydrogens (tertiary/aromatic N) is 4. The summed E-state index contributed by atoms with van der Waals surface area (Å²) in [5, 5.41) is 7.09. The number of carbonyl (C=O) groups is 1. The molecule has 4 atom stereocenters. The van der Waals surface area contributed by atoms with E-state index >= 15 is 0 Å². The van der Waals surface area contributed by atoms with Crippen LogP contribution >= 0.6 is 0 Å². The molecule has 2 aliphatic heterocycles. The monoisotopic (exact) mass is 315 g/mol. The number of amides is 1. The van der Waals surface area contributed by atoms with Gasteiger partial charge >= 0.3 is 0 Å². The Hall–Kier alpha value is -2.18. The standard InChI is InChI=1S/C16H18FN5O/c17-12-5-11(12)16(23)22-9-1-2-10(22)8-21(7-9)14-3-4-18-13-6-19-20-15(13)14/h3-4,6,9-12H,1-2,5,7-8H2,(H,19,20)/t9?,10?,11-,12-/m1/s1. The molecule has 1 saturated carbocycles. The molecule has 1 N–H and O–H groups in total. The van der Waals surface area contributed by atoms with Crippen molar-refractivity contribution in [3.63, 3.8) is 0 Å². The van der Waals surface area contributed by atoms with Crippen molar-refractivity contribution >= 4 is 22.6 Å². The molecule has 1 amide bonds. The predicted octanol–water partition coefficient (Wildman–Crippen LogP) is 1.50. The molecule has 0 radical (unpaired) electrons. The highest BCUT2D eigenvalue weighted by atomic mass is 19.1. The van der Waals surface area contributed by atoms with Crippen molar-refractivity contribution in [3.05, 3.63) is 18.5 Å². The number of halogens is 1. The number of anilines is 1. The van der Waals surface area contributed by atoms with Gasteiger partial charge in [0.25, 0.3) is 0 Å². The number of nitrogens with one attached hydrogen (secondary N) is 1. The third-order valence-electron chi connectivity index (χ3n) is 5.43. The zero-order valence-corrected chi connectivity index (χ0v) is 12.7. The Balaban J connectivity index is 1.42. The van der Waals surface area contributed by atoms with Gasteiger partial charge in [-0.15, -0.1) is 0 Å². The predicted molar refractivity (Wildman–Crippen MR) is 82.8 cm³/mol. The fourth-order valence-electron chi connectivity index (χ4n) is 4.17. The Morgan fingerprint density at radius 3 is 2.74 bits per heavy atom. The number of hydrogen-bond acceptors (Lipinski definition) is 4. The highest BCUT2D eigenvalue weighted by Crippen LogP contribution is 2.41. The van der Waals surface area contributed by atoms with Crippen molar-refractivity contribution in [2.45, 2.75) is 37.5 Å². The smallest absolute Gasteiger partial charge is 0.229 e. The summed E-state index contributed by atoms with van der Waals surface area (Å²) >= 11 is 0. The van der Waals surface area contributed by atoms with Crippen molar-refractivity contribution < 1.29 is 9.18 Å². The molecular weight excluding hydrogens is 297 g/mol. The molecule has 6 nitrogen and oxygen atoms in total. The van der Waals surface area contributed by atoms with Crippen molar-refractivity contribution in [3.8, 4) is 0 Å². The third-order valence-corrected chi connectivity index (χ3v) is 5.43. The quantitative estimate of drug-likeness (QED) is 0.912. The highest BCUT2D eigenvalue weighted by Gasteiger charge is 2.51. The lowest BCUT2D eigenvalue weighted by atomic mass is 10.1. The van der Waals surface area contributed by atoms with Gasteiger partial charge in [0.2, 0.25) is 5.91 Å². The van der Waals surface area contributed by atoms with Crippen LogP contribution in [0.1, 0.15) is 19.3 Å². The van der Waals surface area contributed by atoms with Crippen molar-refractivity contribution in [2.24, 2.45) is 5.92 Å². The van der Waals surface area contributed by atoms with E-state index in [1.807, 2.05) is 11.0 Å². The van der Waals surface area contributed by atoms with Gasteiger partial charge in [0, 0.05) is 31.4 Å². The average molecular weight is 315 g/mol. The summed E-state index contributed by atoms with van der Waals surface area (Å²) in [4.78, 5) is 21.1. The summed E-state index contributed by atoms with van der Waals surface area (Å²) in [6.07, 6.45) is 5.04. The SMILES string of the molecule is O=C([C@@H]1C[C@H]1F)N1C2CCC1CN(c1ccnc3cn[nH]c13)C2. The molecule has 2 aromatic rings. The summed E-state index contributed by atoms with van der Waals surface area (Å²) in [5.74, 6) is -0.337. The zero-order chi connectivity index (χ0) is 15.6. The van der Waals surface area contributed by atoms with Gasteiger partial charge in [0.1, 0.15) is 17.2 Å². The Morgan fingerprint density at radius 1 is 1.30 bits per heavy atom. The lowest BCUT2D eigenvalue weighted by Gasteiger charge is -2.42. The van der Waals surface area contributed by atoms with Gasteiger partial charge in [-0.1, -0.05) is 0 Å². The van der Waals surface area contributed by atoms with E-state index in [1.165, 1.54) is 0 Å². The van der Waals surface area contributed by atoms with Crippen LogP contribution in [-0.2, 0) is 4.79 Å². The average Bonchev–Trinajstić information content (AvgIpc) is 2.99. The maximum absolute atomic E-state index is 13.3. The Morgan fingerprint density at radius 2 is 2.04 bits per heavy atom. The lowest BCUT2D eigenvalue weighted by molar-refractivity contribution is -0.136. The molecule has 1 aliphatic carbocycles.